The summed E-state index contributed by atoms with van der Waals surface area (Å²) in [6.07, 6.45) is 1.44. The number of ether oxygens (including phenoxy) is 1. The van der Waals surface area contributed by atoms with E-state index in [9.17, 15) is 9.18 Å². The van der Waals surface area contributed by atoms with E-state index in [1.165, 1.54) is 31.2 Å². The molecule has 86 valence electrons. The molecule has 1 aromatic rings. The minimum atomic E-state index is -1.56. The summed E-state index contributed by atoms with van der Waals surface area (Å²) in [5.74, 6) is -1.66. The van der Waals surface area contributed by atoms with Gasteiger partial charge in [0.25, 0.3) is 0 Å². The topological polar surface area (TPSA) is 46.5 Å². The van der Waals surface area contributed by atoms with Gasteiger partial charge in [0.1, 0.15) is 5.82 Å². The molecule has 0 aliphatic rings. The third-order valence-corrected chi connectivity index (χ3v) is 2.27. The highest BCUT2D eigenvalue weighted by molar-refractivity contribution is 5.78. The number of carboxylic acids is 1. The van der Waals surface area contributed by atoms with Crippen molar-refractivity contribution in [2.24, 2.45) is 0 Å². The fourth-order valence-corrected chi connectivity index (χ4v) is 1.28. The molecule has 0 aliphatic heterocycles. The molecule has 1 aromatic carbocycles. The third kappa shape index (κ3) is 2.46. The average molecular weight is 224 g/mol. The molecule has 16 heavy (non-hydrogen) atoms. The van der Waals surface area contributed by atoms with E-state index in [4.69, 9.17) is 9.84 Å². The van der Waals surface area contributed by atoms with E-state index in [0.29, 0.717) is 0 Å². The third-order valence-electron chi connectivity index (χ3n) is 2.27. The Balaban J connectivity index is 3.10. The van der Waals surface area contributed by atoms with Crippen LogP contribution in [0.4, 0.5) is 4.39 Å². The number of halogens is 1. The summed E-state index contributed by atoms with van der Waals surface area (Å²) in [5.41, 5.74) is -1.29. The molecule has 3 nitrogen and oxygen atoms in total. The van der Waals surface area contributed by atoms with Crippen molar-refractivity contribution < 1.29 is 19.0 Å². The van der Waals surface area contributed by atoms with Crippen LogP contribution in [0.3, 0.4) is 0 Å². The molecule has 0 aromatic heterocycles. The van der Waals surface area contributed by atoms with Gasteiger partial charge >= 0.3 is 5.97 Å². The predicted molar refractivity (Wildman–Crippen MR) is 57.5 cm³/mol. The van der Waals surface area contributed by atoms with Crippen LogP contribution in [0, 0.1) is 5.82 Å². The fourth-order valence-electron chi connectivity index (χ4n) is 1.28. The van der Waals surface area contributed by atoms with Gasteiger partial charge in [-0.1, -0.05) is 18.2 Å². The van der Waals surface area contributed by atoms with E-state index in [2.05, 4.69) is 6.58 Å². The lowest BCUT2D eigenvalue weighted by Crippen LogP contribution is -2.35. The Morgan fingerprint density at radius 1 is 1.69 bits per heavy atom. The lowest BCUT2D eigenvalue weighted by atomic mass is 9.96. The molecule has 4 heteroatoms. The van der Waals surface area contributed by atoms with Crippen molar-refractivity contribution in [2.45, 2.75) is 12.5 Å². The number of carboxylic acid groups (broad SMARTS) is 1. The van der Waals surface area contributed by atoms with Crippen molar-refractivity contribution in [1.82, 2.24) is 0 Å². The molecule has 1 unspecified atom stereocenters. The largest absolute Gasteiger partial charge is 0.479 e. The Bertz CT molecular complexity index is 403. The van der Waals surface area contributed by atoms with Gasteiger partial charge in [0, 0.05) is 0 Å². The maximum Gasteiger partial charge on any atom is 0.340 e. The van der Waals surface area contributed by atoms with Gasteiger partial charge < -0.3 is 9.84 Å². The first-order valence-electron chi connectivity index (χ1n) is 4.75. The summed E-state index contributed by atoms with van der Waals surface area (Å²) in [4.78, 5) is 11.2. The highest BCUT2D eigenvalue weighted by Gasteiger charge is 2.36. The van der Waals surface area contributed by atoms with Gasteiger partial charge in [0.15, 0.2) is 5.60 Å². The van der Waals surface area contributed by atoms with Crippen LogP contribution in [-0.2, 0) is 15.1 Å². The molecular formula is C12H13FO3. The monoisotopic (exact) mass is 224 g/mol. The second-order valence-electron chi connectivity index (χ2n) is 3.45. The van der Waals surface area contributed by atoms with E-state index in [-0.39, 0.29) is 12.2 Å². The summed E-state index contributed by atoms with van der Waals surface area (Å²) in [6.45, 7) is 4.91. The smallest absolute Gasteiger partial charge is 0.340 e. The molecule has 0 aliphatic carbocycles. The Kier molecular flexibility index (Phi) is 3.79. The van der Waals surface area contributed by atoms with Gasteiger partial charge in [-0.3, -0.25) is 0 Å². The van der Waals surface area contributed by atoms with Crippen LogP contribution in [0.15, 0.2) is 36.9 Å². The Morgan fingerprint density at radius 2 is 2.38 bits per heavy atom. The molecule has 0 amide bonds. The van der Waals surface area contributed by atoms with Crippen LogP contribution in [0.25, 0.3) is 0 Å². The molecule has 0 radical (unpaired) electrons. The maximum absolute atomic E-state index is 13.0. The number of carbonyl (C=O) groups is 1. The van der Waals surface area contributed by atoms with Gasteiger partial charge in [-0.25, -0.2) is 9.18 Å². The summed E-state index contributed by atoms with van der Waals surface area (Å²) in [6, 6.07) is 5.36. The molecule has 0 fully saturated rings. The molecule has 0 spiro atoms. The normalized spacial score (nSPS) is 14.1. The van der Waals surface area contributed by atoms with Crippen LogP contribution in [0.2, 0.25) is 0 Å². The molecular weight excluding hydrogens is 211 g/mol. The highest BCUT2D eigenvalue weighted by atomic mass is 19.1. The fraction of sp³-hybridized carbons (Fsp3) is 0.250. The van der Waals surface area contributed by atoms with Gasteiger partial charge in [0.05, 0.1) is 6.61 Å². The average Bonchev–Trinajstić information content (AvgIpc) is 2.25. The van der Waals surface area contributed by atoms with Crippen LogP contribution >= 0.6 is 0 Å². The maximum atomic E-state index is 13.0. The molecule has 1 rings (SSSR count). The predicted octanol–water partition coefficient (Wildman–Crippen LogP) is 2.33. The second-order valence-corrected chi connectivity index (χ2v) is 3.45. The standard InChI is InChI=1S/C12H13FO3/c1-3-7-16-12(2,11(14)15)9-5-4-6-10(13)8-9/h3-6,8H,1,7H2,2H3,(H,14,15). The number of hydrogen-bond acceptors (Lipinski definition) is 2. The van der Waals surface area contributed by atoms with Crippen molar-refractivity contribution in [3.05, 3.63) is 48.3 Å². The highest BCUT2D eigenvalue weighted by Crippen LogP contribution is 2.26. The molecule has 1 N–H and O–H groups in total. The second kappa shape index (κ2) is 4.90. The first-order valence-corrected chi connectivity index (χ1v) is 4.75. The summed E-state index contributed by atoms with van der Waals surface area (Å²) in [5, 5.41) is 9.12. The molecule has 1 atom stereocenters. The zero-order chi connectivity index (χ0) is 12.2. The Labute approximate surface area is 93.2 Å². The summed E-state index contributed by atoms with van der Waals surface area (Å²) >= 11 is 0. The minimum absolute atomic E-state index is 0.0827. The van der Waals surface area contributed by atoms with Gasteiger partial charge in [-0.2, -0.15) is 0 Å². The Hall–Kier alpha value is -1.68. The van der Waals surface area contributed by atoms with Crippen molar-refractivity contribution in [2.75, 3.05) is 6.61 Å². The van der Waals surface area contributed by atoms with Gasteiger partial charge in [0.2, 0.25) is 0 Å². The van der Waals surface area contributed by atoms with Gasteiger partial charge in [-0.15, -0.1) is 6.58 Å². The van der Waals surface area contributed by atoms with E-state index in [1.807, 2.05) is 0 Å². The van der Waals surface area contributed by atoms with Crippen molar-refractivity contribution in [3.8, 4) is 0 Å². The molecule has 0 saturated carbocycles. The number of rotatable bonds is 5. The first-order chi connectivity index (χ1) is 7.50. The lowest BCUT2D eigenvalue weighted by molar-refractivity contribution is -0.163. The molecule has 0 bridgehead atoms. The SMILES string of the molecule is C=CCOC(C)(C(=O)O)c1cccc(F)c1. The van der Waals surface area contributed by atoms with Crippen molar-refractivity contribution in [1.29, 1.82) is 0 Å². The van der Waals surface area contributed by atoms with Crippen molar-refractivity contribution in [3.63, 3.8) is 0 Å². The first kappa shape index (κ1) is 12.4. The van der Waals surface area contributed by atoms with Crippen LogP contribution in [0.1, 0.15) is 12.5 Å². The zero-order valence-electron chi connectivity index (χ0n) is 8.94. The summed E-state index contributed by atoms with van der Waals surface area (Å²) < 4.78 is 18.2. The minimum Gasteiger partial charge on any atom is -0.479 e. The van der Waals surface area contributed by atoms with Crippen LogP contribution in [-0.4, -0.2) is 17.7 Å². The van der Waals surface area contributed by atoms with E-state index >= 15 is 0 Å². The van der Waals surface area contributed by atoms with Crippen LogP contribution in [0.5, 0.6) is 0 Å². The molecule has 0 saturated heterocycles. The van der Waals surface area contributed by atoms with Crippen molar-refractivity contribution >= 4 is 5.97 Å². The lowest BCUT2D eigenvalue weighted by Gasteiger charge is -2.25. The summed E-state index contributed by atoms with van der Waals surface area (Å²) in [7, 11) is 0. The van der Waals surface area contributed by atoms with Crippen LogP contribution < -0.4 is 0 Å². The van der Waals surface area contributed by atoms with E-state index in [1.54, 1.807) is 0 Å². The number of aliphatic carboxylic acids is 1. The van der Waals surface area contributed by atoms with E-state index in [0.717, 1.165) is 6.07 Å². The number of benzene rings is 1. The Morgan fingerprint density at radius 3 is 2.88 bits per heavy atom. The van der Waals surface area contributed by atoms with E-state index < -0.39 is 17.4 Å². The van der Waals surface area contributed by atoms with Gasteiger partial charge in [-0.05, 0) is 24.6 Å². The quantitative estimate of drug-likeness (QED) is 0.781. The molecule has 0 heterocycles. The number of hydrogen-bond donors (Lipinski definition) is 1. The zero-order valence-corrected chi connectivity index (χ0v) is 8.94.